The third-order valence-electron chi connectivity index (χ3n) is 3.18. The number of hydrogen-bond donors (Lipinski definition) is 0. The second kappa shape index (κ2) is 3.77. The Kier molecular flexibility index (Phi) is 2.23. The monoisotopic (exact) mass is 234 g/mol. The van der Waals surface area contributed by atoms with Gasteiger partial charge in [-0.3, -0.25) is 9.59 Å². The molecule has 0 N–H and O–H groups in total. The van der Waals surface area contributed by atoms with Crippen LogP contribution in [0.15, 0.2) is 49.1 Å². The topological polar surface area (TPSA) is 34.1 Å². The lowest BCUT2D eigenvalue weighted by molar-refractivity contribution is 0.0995. The summed E-state index contributed by atoms with van der Waals surface area (Å²) < 4.78 is 0. The highest BCUT2D eigenvalue weighted by Gasteiger charge is 2.21. The molecule has 0 heterocycles. The van der Waals surface area contributed by atoms with E-state index in [0.717, 1.165) is 16.3 Å². The van der Waals surface area contributed by atoms with Crippen LogP contribution in [0.25, 0.3) is 16.8 Å². The number of rotatable bonds is 1. The van der Waals surface area contributed by atoms with Crippen LogP contribution in [-0.4, -0.2) is 11.6 Å². The molecular formula is C16H10O2. The van der Waals surface area contributed by atoms with Crippen LogP contribution in [0.3, 0.4) is 0 Å². The standard InChI is InChI=1S/C16H10O2/c1-2-10-3-4-11-5-6-12-14(17)7-8-15(18)16(12)13(11)9-10/h2-9H,1H2. The number of carbonyl (C=O) groups excluding carboxylic acids is 2. The first-order chi connectivity index (χ1) is 8.70. The van der Waals surface area contributed by atoms with Crippen LogP contribution in [0.1, 0.15) is 26.3 Å². The van der Waals surface area contributed by atoms with Gasteiger partial charge in [-0.25, -0.2) is 0 Å². The van der Waals surface area contributed by atoms with Crippen molar-refractivity contribution >= 4 is 28.4 Å². The summed E-state index contributed by atoms with van der Waals surface area (Å²) in [6.07, 6.45) is 4.39. The average Bonchev–Trinajstić information content (AvgIpc) is 2.41. The van der Waals surface area contributed by atoms with Crippen LogP contribution < -0.4 is 0 Å². The molecule has 0 bridgehead atoms. The highest BCUT2D eigenvalue weighted by molar-refractivity contribution is 6.26. The van der Waals surface area contributed by atoms with E-state index in [2.05, 4.69) is 6.58 Å². The van der Waals surface area contributed by atoms with E-state index in [1.54, 1.807) is 12.1 Å². The fourth-order valence-corrected chi connectivity index (χ4v) is 2.26. The Bertz CT molecular complexity index is 736. The minimum Gasteiger partial charge on any atom is -0.289 e. The summed E-state index contributed by atoms with van der Waals surface area (Å²) in [6, 6.07) is 9.35. The minimum absolute atomic E-state index is 0.114. The molecule has 0 radical (unpaired) electrons. The zero-order valence-electron chi connectivity index (χ0n) is 9.64. The van der Waals surface area contributed by atoms with Crippen LogP contribution in [0.4, 0.5) is 0 Å². The molecule has 0 saturated carbocycles. The lowest BCUT2D eigenvalue weighted by Crippen LogP contribution is -2.11. The Labute approximate surface area is 104 Å². The van der Waals surface area contributed by atoms with Crippen molar-refractivity contribution < 1.29 is 9.59 Å². The van der Waals surface area contributed by atoms with E-state index < -0.39 is 0 Å². The first-order valence-electron chi connectivity index (χ1n) is 5.66. The molecule has 1 aliphatic rings. The molecule has 0 aromatic heterocycles. The number of allylic oxidation sites excluding steroid dienone is 2. The van der Waals surface area contributed by atoms with Gasteiger partial charge in [0.25, 0.3) is 0 Å². The second-order valence-electron chi connectivity index (χ2n) is 4.23. The maximum atomic E-state index is 12.0. The van der Waals surface area contributed by atoms with Gasteiger partial charge in [0.05, 0.1) is 0 Å². The molecule has 0 aliphatic heterocycles. The van der Waals surface area contributed by atoms with Crippen molar-refractivity contribution in [3.05, 3.63) is 65.8 Å². The molecular weight excluding hydrogens is 224 g/mol. The van der Waals surface area contributed by atoms with E-state index in [1.165, 1.54) is 12.2 Å². The van der Waals surface area contributed by atoms with Gasteiger partial charge in [0.2, 0.25) is 0 Å². The molecule has 0 fully saturated rings. The molecule has 1 aliphatic carbocycles. The molecule has 0 amide bonds. The molecule has 0 atom stereocenters. The summed E-state index contributed by atoms with van der Waals surface area (Å²) in [4.78, 5) is 23.7. The lowest BCUT2D eigenvalue weighted by atomic mass is 9.89. The van der Waals surface area contributed by atoms with Crippen molar-refractivity contribution in [3.8, 4) is 0 Å². The zero-order chi connectivity index (χ0) is 12.7. The Morgan fingerprint density at radius 1 is 0.944 bits per heavy atom. The van der Waals surface area contributed by atoms with Gasteiger partial charge in [-0.05, 0) is 40.6 Å². The summed E-state index contributed by atoms with van der Waals surface area (Å²) in [5, 5.41) is 1.77. The van der Waals surface area contributed by atoms with Gasteiger partial charge >= 0.3 is 0 Å². The molecule has 0 saturated heterocycles. The summed E-state index contributed by atoms with van der Waals surface area (Å²) >= 11 is 0. The zero-order valence-corrected chi connectivity index (χ0v) is 9.64. The van der Waals surface area contributed by atoms with Gasteiger partial charge in [-0.15, -0.1) is 0 Å². The summed E-state index contributed by atoms with van der Waals surface area (Å²) in [5.41, 5.74) is 1.92. The number of benzene rings is 2. The van der Waals surface area contributed by atoms with Gasteiger partial charge in [0.1, 0.15) is 0 Å². The predicted molar refractivity (Wildman–Crippen MR) is 71.8 cm³/mol. The molecule has 86 valence electrons. The van der Waals surface area contributed by atoms with Gasteiger partial charge < -0.3 is 0 Å². The van der Waals surface area contributed by atoms with Crippen LogP contribution >= 0.6 is 0 Å². The first-order valence-corrected chi connectivity index (χ1v) is 5.66. The lowest BCUT2D eigenvalue weighted by Gasteiger charge is -2.12. The van der Waals surface area contributed by atoms with Crippen LogP contribution in [0, 0.1) is 0 Å². The van der Waals surface area contributed by atoms with Gasteiger partial charge in [0.15, 0.2) is 11.6 Å². The quantitative estimate of drug-likeness (QED) is 0.757. The van der Waals surface area contributed by atoms with E-state index in [4.69, 9.17) is 0 Å². The van der Waals surface area contributed by atoms with E-state index in [-0.39, 0.29) is 11.6 Å². The summed E-state index contributed by atoms with van der Waals surface area (Å²) in [5.74, 6) is -0.230. The smallest absolute Gasteiger partial charge is 0.187 e. The molecule has 0 spiro atoms. The number of ketones is 2. The van der Waals surface area contributed by atoms with Crippen LogP contribution in [0.2, 0.25) is 0 Å². The Morgan fingerprint density at radius 3 is 2.44 bits per heavy atom. The predicted octanol–water partition coefficient (Wildman–Crippen LogP) is 3.42. The Hall–Kier alpha value is -2.48. The van der Waals surface area contributed by atoms with Crippen LogP contribution in [-0.2, 0) is 0 Å². The maximum absolute atomic E-state index is 12.0. The SMILES string of the molecule is C=Cc1ccc2ccc3c(c2c1)C(=O)C=CC3=O. The first kappa shape index (κ1) is 10.7. The molecule has 2 heteroatoms. The van der Waals surface area contributed by atoms with Crippen molar-refractivity contribution in [2.75, 3.05) is 0 Å². The largest absolute Gasteiger partial charge is 0.289 e. The van der Waals surface area contributed by atoms with Crippen molar-refractivity contribution in [3.63, 3.8) is 0 Å². The Balaban J connectivity index is 2.44. The van der Waals surface area contributed by atoms with Crippen molar-refractivity contribution in [1.82, 2.24) is 0 Å². The highest BCUT2D eigenvalue weighted by Crippen LogP contribution is 2.27. The van der Waals surface area contributed by atoms with Crippen LogP contribution in [0.5, 0.6) is 0 Å². The van der Waals surface area contributed by atoms with Gasteiger partial charge in [-0.2, -0.15) is 0 Å². The molecule has 3 rings (SSSR count). The third kappa shape index (κ3) is 1.43. The Morgan fingerprint density at radius 2 is 1.67 bits per heavy atom. The normalized spacial score (nSPS) is 13.8. The highest BCUT2D eigenvalue weighted by atomic mass is 16.1. The molecule has 0 unspecified atom stereocenters. The molecule has 2 nitrogen and oxygen atoms in total. The van der Waals surface area contributed by atoms with E-state index >= 15 is 0 Å². The average molecular weight is 234 g/mol. The number of carbonyl (C=O) groups is 2. The van der Waals surface area contributed by atoms with Crippen molar-refractivity contribution in [2.24, 2.45) is 0 Å². The molecule has 2 aromatic carbocycles. The van der Waals surface area contributed by atoms with Crippen molar-refractivity contribution in [1.29, 1.82) is 0 Å². The van der Waals surface area contributed by atoms with Gasteiger partial charge in [0, 0.05) is 11.1 Å². The van der Waals surface area contributed by atoms with Crippen molar-refractivity contribution in [2.45, 2.75) is 0 Å². The second-order valence-corrected chi connectivity index (χ2v) is 4.23. The summed E-state index contributed by atoms with van der Waals surface area (Å²) in [6.45, 7) is 3.72. The summed E-state index contributed by atoms with van der Waals surface area (Å²) in [7, 11) is 0. The van der Waals surface area contributed by atoms with E-state index in [1.807, 2.05) is 24.3 Å². The fourth-order valence-electron chi connectivity index (χ4n) is 2.26. The van der Waals surface area contributed by atoms with Gasteiger partial charge in [-0.1, -0.05) is 30.9 Å². The fraction of sp³-hybridized carbons (Fsp3) is 0. The molecule has 18 heavy (non-hydrogen) atoms. The number of hydrogen-bond acceptors (Lipinski definition) is 2. The maximum Gasteiger partial charge on any atom is 0.187 e. The molecule has 2 aromatic rings. The number of fused-ring (bicyclic) bond motifs is 3. The van der Waals surface area contributed by atoms with E-state index in [9.17, 15) is 9.59 Å². The van der Waals surface area contributed by atoms with E-state index in [0.29, 0.717) is 11.1 Å². The third-order valence-corrected chi connectivity index (χ3v) is 3.18. The minimum atomic E-state index is -0.115.